The van der Waals surface area contributed by atoms with Crippen LogP contribution in [-0.2, 0) is 6.54 Å². The van der Waals surface area contributed by atoms with E-state index in [2.05, 4.69) is 9.64 Å². The molecule has 0 amide bonds. The number of aliphatic hydroxyl groups excluding tert-OH is 1. The predicted octanol–water partition coefficient (Wildman–Crippen LogP) is 2.50. The summed E-state index contributed by atoms with van der Waals surface area (Å²) in [6.45, 7) is 1.50. The fourth-order valence-electron chi connectivity index (χ4n) is 2.63. The van der Waals surface area contributed by atoms with Crippen molar-refractivity contribution in [3.63, 3.8) is 0 Å². The molecule has 2 atom stereocenters. The zero-order valence-electron chi connectivity index (χ0n) is 12.3. The van der Waals surface area contributed by atoms with Gasteiger partial charge in [0.15, 0.2) is 11.5 Å². The topological polar surface area (TPSA) is 41.9 Å². The van der Waals surface area contributed by atoms with Crippen LogP contribution >= 0.6 is 0 Å². The molecule has 118 valence electrons. The number of hydrogen-bond donors (Lipinski definition) is 1. The van der Waals surface area contributed by atoms with Gasteiger partial charge in [-0.2, -0.15) is 8.78 Å². The molecule has 0 saturated carbocycles. The first kappa shape index (κ1) is 16.0. The van der Waals surface area contributed by atoms with Crippen LogP contribution in [0.25, 0.3) is 0 Å². The van der Waals surface area contributed by atoms with Crippen LogP contribution in [-0.4, -0.2) is 42.9 Å². The molecule has 0 radical (unpaired) electrons. The third-order valence-corrected chi connectivity index (χ3v) is 3.79. The van der Waals surface area contributed by atoms with E-state index in [4.69, 9.17) is 4.74 Å². The second-order valence-corrected chi connectivity index (χ2v) is 5.43. The van der Waals surface area contributed by atoms with E-state index in [1.165, 1.54) is 13.2 Å². The number of methoxy groups -OCH3 is 1. The maximum Gasteiger partial charge on any atom is 0.387 e. The number of ether oxygens (including phenoxy) is 2. The molecule has 6 heteroatoms. The van der Waals surface area contributed by atoms with E-state index in [0.717, 1.165) is 25.1 Å². The Hall–Kier alpha value is -1.40. The first-order valence-electron chi connectivity index (χ1n) is 7.01. The number of rotatable bonds is 5. The molecular formula is C15H21F2NO3. The molecule has 1 saturated heterocycles. The van der Waals surface area contributed by atoms with Crippen molar-refractivity contribution in [2.75, 3.05) is 20.2 Å². The predicted molar refractivity (Wildman–Crippen MR) is 74.7 cm³/mol. The van der Waals surface area contributed by atoms with Gasteiger partial charge in [0.05, 0.1) is 13.2 Å². The van der Waals surface area contributed by atoms with E-state index in [-0.39, 0.29) is 17.8 Å². The average Bonchev–Trinajstić information content (AvgIpc) is 2.44. The molecule has 1 aromatic rings. The van der Waals surface area contributed by atoms with Crippen molar-refractivity contribution in [3.8, 4) is 11.5 Å². The highest BCUT2D eigenvalue weighted by atomic mass is 19.3. The molecule has 1 aliphatic rings. The third kappa shape index (κ3) is 4.28. The number of hydrogen-bond acceptors (Lipinski definition) is 4. The highest BCUT2D eigenvalue weighted by Gasteiger charge is 2.24. The molecule has 0 bridgehead atoms. The normalized spacial score (nSPS) is 23.3. The van der Waals surface area contributed by atoms with E-state index >= 15 is 0 Å². The number of piperidine rings is 1. The maximum absolute atomic E-state index is 12.3. The minimum atomic E-state index is -2.87. The highest BCUT2D eigenvalue weighted by molar-refractivity contribution is 5.43. The summed E-state index contributed by atoms with van der Waals surface area (Å²) in [5, 5.41) is 9.73. The third-order valence-electron chi connectivity index (χ3n) is 3.79. The van der Waals surface area contributed by atoms with Gasteiger partial charge in [-0.3, -0.25) is 4.90 Å². The second kappa shape index (κ2) is 7.04. The van der Waals surface area contributed by atoms with Gasteiger partial charge < -0.3 is 14.6 Å². The van der Waals surface area contributed by atoms with Gasteiger partial charge in [0.2, 0.25) is 0 Å². The van der Waals surface area contributed by atoms with Crippen molar-refractivity contribution in [3.05, 3.63) is 23.8 Å². The summed E-state index contributed by atoms with van der Waals surface area (Å²) in [6, 6.07) is 4.98. The monoisotopic (exact) mass is 301 g/mol. The summed E-state index contributed by atoms with van der Waals surface area (Å²) >= 11 is 0. The summed E-state index contributed by atoms with van der Waals surface area (Å²) in [6.07, 6.45) is 0.517. The largest absolute Gasteiger partial charge is 0.493 e. The second-order valence-electron chi connectivity index (χ2n) is 5.43. The van der Waals surface area contributed by atoms with Crippen molar-refractivity contribution in [2.45, 2.75) is 32.6 Å². The molecule has 1 N–H and O–H groups in total. The molecule has 1 heterocycles. The van der Waals surface area contributed by atoms with Crippen molar-refractivity contribution in [2.24, 2.45) is 5.92 Å². The molecule has 0 aliphatic carbocycles. The number of nitrogens with zero attached hydrogens (tertiary/aromatic N) is 1. The zero-order valence-corrected chi connectivity index (χ0v) is 12.3. The van der Waals surface area contributed by atoms with Crippen LogP contribution in [0.1, 0.15) is 18.9 Å². The average molecular weight is 301 g/mol. The lowest BCUT2D eigenvalue weighted by Crippen LogP contribution is -2.41. The van der Waals surface area contributed by atoms with E-state index in [1.807, 2.05) is 6.92 Å². The first-order chi connectivity index (χ1) is 9.99. The van der Waals surface area contributed by atoms with Crippen molar-refractivity contribution >= 4 is 0 Å². The molecule has 1 fully saturated rings. The number of aliphatic hydroxyl groups is 1. The molecule has 4 nitrogen and oxygen atoms in total. The standard InChI is InChI=1S/C15H21F2NO3/c1-10-8-18(6-5-12(10)19)9-11-3-4-13(21-15(16)17)14(7-11)20-2/h3-4,7,10,12,15,19H,5-6,8-9H2,1-2H3. The van der Waals surface area contributed by atoms with Crippen LogP contribution in [0.15, 0.2) is 18.2 Å². The maximum atomic E-state index is 12.3. The minimum Gasteiger partial charge on any atom is -0.493 e. The summed E-state index contributed by atoms with van der Waals surface area (Å²) in [5.74, 6) is 0.582. The van der Waals surface area contributed by atoms with Crippen molar-refractivity contribution < 1.29 is 23.4 Å². The zero-order chi connectivity index (χ0) is 15.4. The van der Waals surface area contributed by atoms with Gasteiger partial charge in [0, 0.05) is 19.6 Å². The van der Waals surface area contributed by atoms with E-state index in [1.54, 1.807) is 12.1 Å². The fourth-order valence-corrected chi connectivity index (χ4v) is 2.63. The lowest BCUT2D eigenvalue weighted by molar-refractivity contribution is -0.0512. The van der Waals surface area contributed by atoms with Crippen LogP contribution in [0.2, 0.25) is 0 Å². The SMILES string of the molecule is COc1cc(CN2CCC(O)C(C)C2)ccc1OC(F)F. The molecule has 0 spiro atoms. The number of likely N-dealkylation sites (tertiary alicyclic amines) is 1. The molecule has 0 aromatic heterocycles. The Morgan fingerprint density at radius 1 is 1.38 bits per heavy atom. The fraction of sp³-hybridized carbons (Fsp3) is 0.600. The lowest BCUT2D eigenvalue weighted by atomic mass is 9.96. The Balaban J connectivity index is 2.04. The van der Waals surface area contributed by atoms with Gasteiger partial charge in [-0.15, -0.1) is 0 Å². The van der Waals surface area contributed by atoms with Crippen LogP contribution in [0.4, 0.5) is 8.78 Å². The number of halogens is 2. The number of benzene rings is 1. The molecule has 2 rings (SSSR count). The van der Waals surface area contributed by atoms with Gasteiger partial charge in [0.1, 0.15) is 0 Å². The van der Waals surface area contributed by atoms with Crippen molar-refractivity contribution in [1.29, 1.82) is 0 Å². The van der Waals surface area contributed by atoms with Gasteiger partial charge in [-0.25, -0.2) is 0 Å². The Kier molecular flexibility index (Phi) is 5.36. The van der Waals surface area contributed by atoms with E-state index in [0.29, 0.717) is 12.3 Å². The molecule has 2 unspecified atom stereocenters. The van der Waals surface area contributed by atoms with Gasteiger partial charge in [-0.05, 0) is 30.0 Å². The quantitative estimate of drug-likeness (QED) is 0.907. The van der Waals surface area contributed by atoms with Gasteiger partial charge >= 0.3 is 6.61 Å². The minimum absolute atomic E-state index is 0.0404. The van der Waals surface area contributed by atoms with Crippen LogP contribution < -0.4 is 9.47 Å². The molecule has 1 aromatic carbocycles. The molecule has 1 aliphatic heterocycles. The molecular weight excluding hydrogens is 280 g/mol. The van der Waals surface area contributed by atoms with Crippen LogP contribution in [0.5, 0.6) is 11.5 Å². The summed E-state index contributed by atoms with van der Waals surface area (Å²) in [7, 11) is 1.43. The Bertz CT molecular complexity index is 470. The number of alkyl halides is 2. The Morgan fingerprint density at radius 2 is 2.14 bits per heavy atom. The van der Waals surface area contributed by atoms with Crippen LogP contribution in [0, 0.1) is 5.92 Å². The summed E-state index contributed by atoms with van der Waals surface area (Å²) in [4.78, 5) is 2.24. The lowest BCUT2D eigenvalue weighted by Gasteiger charge is -2.34. The van der Waals surface area contributed by atoms with E-state index < -0.39 is 6.61 Å². The smallest absolute Gasteiger partial charge is 0.387 e. The van der Waals surface area contributed by atoms with E-state index in [9.17, 15) is 13.9 Å². The van der Waals surface area contributed by atoms with Crippen molar-refractivity contribution in [1.82, 2.24) is 4.90 Å². The van der Waals surface area contributed by atoms with Gasteiger partial charge in [0.25, 0.3) is 0 Å². The van der Waals surface area contributed by atoms with Crippen LogP contribution in [0.3, 0.4) is 0 Å². The highest BCUT2D eigenvalue weighted by Crippen LogP contribution is 2.30. The summed E-state index contributed by atoms with van der Waals surface area (Å²) in [5.41, 5.74) is 0.969. The Morgan fingerprint density at radius 3 is 2.76 bits per heavy atom. The first-order valence-corrected chi connectivity index (χ1v) is 7.01. The molecule has 21 heavy (non-hydrogen) atoms. The summed E-state index contributed by atoms with van der Waals surface area (Å²) < 4.78 is 34.1. The van der Waals surface area contributed by atoms with Gasteiger partial charge in [-0.1, -0.05) is 13.0 Å². The Labute approximate surface area is 123 Å².